The third-order valence-electron chi connectivity index (χ3n) is 5.34. The molecule has 0 saturated heterocycles. The summed E-state index contributed by atoms with van der Waals surface area (Å²) in [5.74, 6) is 0.531. The maximum Gasteiger partial charge on any atom is 0.243 e. The number of nitrogens with zero attached hydrogens (tertiary/aromatic N) is 2. The van der Waals surface area contributed by atoms with Crippen LogP contribution in [0.3, 0.4) is 0 Å². The highest BCUT2D eigenvalue weighted by Crippen LogP contribution is 2.28. The van der Waals surface area contributed by atoms with Crippen molar-refractivity contribution in [2.24, 2.45) is 5.41 Å². The van der Waals surface area contributed by atoms with Gasteiger partial charge in [-0.05, 0) is 41.7 Å². The van der Waals surface area contributed by atoms with E-state index in [0.29, 0.717) is 18.6 Å². The molecule has 32 heavy (non-hydrogen) atoms. The molecular weight excluding hydrogens is 428 g/mol. The number of benzene rings is 2. The van der Waals surface area contributed by atoms with Crippen LogP contribution >= 0.6 is 0 Å². The van der Waals surface area contributed by atoms with E-state index < -0.39 is 27.6 Å². The number of hydrogen-bond donors (Lipinski definition) is 2. The van der Waals surface area contributed by atoms with Gasteiger partial charge in [-0.15, -0.1) is 0 Å². The molecule has 0 aliphatic carbocycles. The van der Waals surface area contributed by atoms with Gasteiger partial charge in [-0.25, -0.2) is 8.42 Å². The molecule has 0 radical (unpaired) electrons. The average Bonchev–Trinajstić information content (AvgIpc) is 2.77. The van der Waals surface area contributed by atoms with Crippen LogP contribution in [0.4, 0.5) is 0 Å². The predicted molar refractivity (Wildman–Crippen MR) is 123 cm³/mol. The van der Waals surface area contributed by atoms with Gasteiger partial charge in [0, 0.05) is 25.9 Å². The first-order valence-electron chi connectivity index (χ1n) is 10.5. The Morgan fingerprint density at radius 2 is 1.69 bits per heavy atom. The van der Waals surface area contributed by atoms with E-state index in [2.05, 4.69) is 6.07 Å². The fourth-order valence-corrected chi connectivity index (χ4v) is 5.06. The lowest BCUT2D eigenvalue weighted by atomic mass is 9.88. The molecule has 0 saturated carbocycles. The van der Waals surface area contributed by atoms with E-state index in [1.165, 1.54) is 23.5 Å². The van der Waals surface area contributed by atoms with E-state index in [-0.39, 0.29) is 24.4 Å². The van der Waals surface area contributed by atoms with Crippen molar-refractivity contribution >= 4 is 10.0 Å². The van der Waals surface area contributed by atoms with Gasteiger partial charge in [-0.2, -0.15) is 9.57 Å². The highest BCUT2D eigenvalue weighted by Gasteiger charge is 2.33. The molecule has 7 nitrogen and oxygen atoms in total. The molecule has 0 spiro atoms. The summed E-state index contributed by atoms with van der Waals surface area (Å²) in [4.78, 5) is 0.0686. The molecule has 0 amide bonds. The molecule has 8 heteroatoms. The molecule has 2 atom stereocenters. The minimum absolute atomic E-state index is 0.0686. The van der Waals surface area contributed by atoms with Crippen molar-refractivity contribution in [1.29, 1.82) is 5.26 Å². The van der Waals surface area contributed by atoms with E-state index in [0.717, 1.165) is 5.56 Å². The second-order valence-corrected chi connectivity index (χ2v) is 10.6. The Labute approximate surface area is 190 Å². The minimum atomic E-state index is -3.96. The quantitative estimate of drug-likeness (QED) is 0.504. The highest BCUT2D eigenvalue weighted by molar-refractivity contribution is 7.89. The maximum atomic E-state index is 13.4. The lowest BCUT2D eigenvalue weighted by Crippen LogP contribution is -2.46. The summed E-state index contributed by atoms with van der Waals surface area (Å²) in [6, 6.07) is 17.3. The molecule has 2 N–H and O–H groups in total. The van der Waals surface area contributed by atoms with Crippen LogP contribution in [0.2, 0.25) is 0 Å². The number of aliphatic hydroxyl groups is 2. The van der Waals surface area contributed by atoms with Gasteiger partial charge in [0.2, 0.25) is 10.0 Å². The van der Waals surface area contributed by atoms with Crippen LogP contribution in [0.1, 0.15) is 32.3 Å². The SMILES string of the molecule is COc1ccc(S(=O)(=O)N(C[C@@H](O)[C@@H](O)Cc2ccccc2)CC(C)(C)CCC#N)cc1. The van der Waals surface area contributed by atoms with Crippen LogP contribution in [0.25, 0.3) is 0 Å². The summed E-state index contributed by atoms with van der Waals surface area (Å²) in [7, 11) is -2.46. The Bertz CT molecular complexity index is 985. The summed E-state index contributed by atoms with van der Waals surface area (Å²) >= 11 is 0. The lowest BCUT2D eigenvalue weighted by Gasteiger charge is -2.33. The largest absolute Gasteiger partial charge is 0.497 e. The van der Waals surface area contributed by atoms with E-state index in [1.54, 1.807) is 12.1 Å². The molecule has 2 aromatic carbocycles. The molecular formula is C24H32N2O5S. The normalized spacial score (nSPS) is 14.0. The van der Waals surface area contributed by atoms with E-state index in [9.17, 15) is 18.6 Å². The predicted octanol–water partition coefficient (Wildman–Crippen LogP) is 2.98. The zero-order valence-corrected chi connectivity index (χ0v) is 19.6. The van der Waals surface area contributed by atoms with Crippen molar-refractivity contribution < 1.29 is 23.4 Å². The Kier molecular flexibility index (Phi) is 9.22. The monoisotopic (exact) mass is 460 g/mol. The molecule has 0 bridgehead atoms. The van der Waals surface area contributed by atoms with Crippen LogP contribution < -0.4 is 4.74 Å². The molecule has 174 valence electrons. The van der Waals surface area contributed by atoms with E-state index in [1.807, 2.05) is 44.2 Å². The van der Waals surface area contributed by atoms with Crippen molar-refractivity contribution in [3.63, 3.8) is 0 Å². The fourth-order valence-electron chi connectivity index (χ4n) is 3.42. The van der Waals surface area contributed by atoms with Crippen LogP contribution in [-0.2, 0) is 16.4 Å². The van der Waals surface area contributed by atoms with Crippen LogP contribution in [0, 0.1) is 16.7 Å². The van der Waals surface area contributed by atoms with Gasteiger partial charge in [0.1, 0.15) is 5.75 Å². The minimum Gasteiger partial charge on any atom is -0.497 e. The molecule has 0 heterocycles. The summed E-state index contributed by atoms with van der Waals surface area (Å²) in [6.07, 6.45) is -1.41. The zero-order valence-electron chi connectivity index (χ0n) is 18.8. The number of aliphatic hydroxyl groups excluding tert-OH is 2. The standard InChI is InChI=1S/C24H32N2O5S/c1-24(2,14-7-15-25)18-26(32(29,30)21-12-10-20(31-3)11-13-21)17-23(28)22(27)16-19-8-5-4-6-9-19/h4-6,8-13,22-23,27-28H,7,14,16-18H2,1-3H3/t22-,23+/m0/s1. The van der Waals surface area contributed by atoms with Gasteiger partial charge < -0.3 is 14.9 Å². The van der Waals surface area contributed by atoms with Crippen LogP contribution in [-0.4, -0.2) is 55.3 Å². The number of nitriles is 1. The third-order valence-corrected chi connectivity index (χ3v) is 7.16. The Balaban J connectivity index is 2.27. The molecule has 0 aliphatic rings. The molecule has 2 rings (SSSR count). The number of ether oxygens (including phenoxy) is 1. The number of hydrogen-bond acceptors (Lipinski definition) is 6. The van der Waals surface area contributed by atoms with Gasteiger partial charge in [-0.1, -0.05) is 44.2 Å². The smallest absolute Gasteiger partial charge is 0.243 e. The second-order valence-electron chi connectivity index (χ2n) is 8.62. The lowest BCUT2D eigenvalue weighted by molar-refractivity contribution is 0.00671. The summed E-state index contributed by atoms with van der Waals surface area (Å²) in [6.45, 7) is 3.60. The number of methoxy groups -OCH3 is 1. The van der Waals surface area contributed by atoms with Crippen molar-refractivity contribution in [2.75, 3.05) is 20.2 Å². The van der Waals surface area contributed by atoms with Crippen molar-refractivity contribution in [3.05, 3.63) is 60.2 Å². The summed E-state index contributed by atoms with van der Waals surface area (Å²) < 4.78 is 33.2. The highest BCUT2D eigenvalue weighted by atomic mass is 32.2. The van der Waals surface area contributed by atoms with Crippen LogP contribution in [0.5, 0.6) is 5.75 Å². The van der Waals surface area contributed by atoms with Gasteiger partial charge in [-0.3, -0.25) is 0 Å². The molecule has 0 fully saturated rings. The topological polar surface area (TPSA) is 111 Å². The average molecular weight is 461 g/mol. The summed E-state index contributed by atoms with van der Waals surface area (Å²) in [5.41, 5.74) is 0.345. The van der Waals surface area contributed by atoms with Gasteiger partial charge >= 0.3 is 0 Å². The first-order valence-corrected chi connectivity index (χ1v) is 11.9. The second kappa shape index (κ2) is 11.4. The Morgan fingerprint density at radius 3 is 2.25 bits per heavy atom. The third kappa shape index (κ3) is 7.31. The molecule has 2 aromatic rings. The van der Waals surface area contributed by atoms with Crippen molar-refractivity contribution in [3.8, 4) is 11.8 Å². The zero-order chi connectivity index (χ0) is 23.8. The molecule has 0 aromatic heterocycles. The van der Waals surface area contributed by atoms with E-state index in [4.69, 9.17) is 10.00 Å². The molecule has 0 unspecified atom stereocenters. The van der Waals surface area contributed by atoms with Gasteiger partial charge in [0.05, 0.1) is 30.3 Å². The summed E-state index contributed by atoms with van der Waals surface area (Å²) in [5, 5.41) is 30.2. The molecule has 0 aliphatic heterocycles. The number of sulfonamides is 1. The van der Waals surface area contributed by atoms with Crippen molar-refractivity contribution in [2.45, 2.75) is 50.2 Å². The van der Waals surface area contributed by atoms with Gasteiger partial charge in [0.25, 0.3) is 0 Å². The van der Waals surface area contributed by atoms with E-state index >= 15 is 0 Å². The van der Waals surface area contributed by atoms with Gasteiger partial charge in [0.15, 0.2) is 0 Å². The first kappa shape index (κ1) is 25.8. The van der Waals surface area contributed by atoms with Crippen LogP contribution in [0.15, 0.2) is 59.5 Å². The first-order chi connectivity index (χ1) is 15.1. The maximum absolute atomic E-state index is 13.4. The Morgan fingerprint density at radius 1 is 1.06 bits per heavy atom. The Hall–Kier alpha value is -2.44. The fraction of sp³-hybridized carbons (Fsp3) is 0.458. The number of rotatable bonds is 12. The van der Waals surface area contributed by atoms with Crippen molar-refractivity contribution in [1.82, 2.24) is 4.31 Å².